The van der Waals surface area contributed by atoms with Crippen molar-refractivity contribution in [2.75, 3.05) is 0 Å². The number of hydrogen-bond donors (Lipinski definition) is 2. The third-order valence-electron chi connectivity index (χ3n) is 4.73. The van der Waals surface area contributed by atoms with Crippen LogP contribution in [0.4, 0.5) is 0 Å². The van der Waals surface area contributed by atoms with Crippen molar-refractivity contribution in [1.82, 2.24) is 5.32 Å². The molecule has 120 valence electrons. The Morgan fingerprint density at radius 1 is 0.957 bits per heavy atom. The summed E-state index contributed by atoms with van der Waals surface area (Å²) in [5.74, 6) is -1.02. The van der Waals surface area contributed by atoms with Crippen molar-refractivity contribution in [3.63, 3.8) is 0 Å². The summed E-state index contributed by atoms with van der Waals surface area (Å²) in [7, 11) is 0. The van der Waals surface area contributed by atoms with Crippen LogP contribution in [0.15, 0.2) is 42.5 Å². The zero-order valence-electron chi connectivity index (χ0n) is 13.0. The molecular weight excluding hydrogens is 290 g/mol. The lowest BCUT2D eigenvalue weighted by molar-refractivity contribution is -0.144. The van der Waals surface area contributed by atoms with Gasteiger partial charge >= 0.3 is 5.97 Å². The molecule has 0 heterocycles. The number of carboxylic acid groups (broad SMARTS) is 1. The van der Waals surface area contributed by atoms with E-state index in [2.05, 4.69) is 29.6 Å². The Hall–Kier alpha value is -2.36. The number of carbonyl (C=O) groups excluding carboxylic acids is 1. The summed E-state index contributed by atoms with van der Waals surface area (Å²) < 4.78 is 0. The van der Waals surface area contributed by atoms with Crippen molar-refractivity contribution in [3.8, 4) is 0 Å². The maximum atomic E-state index is 12.3. The second-order valence-electron chi connectivity index (χ2n) is 6.29. The highest BCUT2D eigenvalue weighted by Crippen LogP contribution is 2.29. The van der Waals surface area contributed by atoms with Crippen LogP contribution in [0, 0.1) is 11.8 Å². The molecule has 0 radical (unpaired) electrons. The predicted octanol–water partition coefficient (Wildman–Crippen LogP) is 3.35. The minimum absolute atomic E-state index is 0.0435. The lowest BCUT2D eigenvalue weighted by Gasteiger charge is -2.25. The molecule has 1 aliphatic carbocycles. The van der Waals surface area contributed by atoms with Gasteiger partial charge in [0.1, 0.15) is 0 Å². The smallest absolute Gasteiger partial charge is 0.306 e. The van der Waals surface area contributed by atoms with E-state index < -0.39 is 5.97 Å². The molecule has 1 fully saturated rings. The number of benzene rings is 2. The number of nitrogens with one attached hydrogen (secondary N) is 1. The minimum Gasteiger partial charge on any atom is -0.481 e. The third-order valence-corrected chi connectivity index (χ3v) is 4.73. The Balaban J connectivity index is 1.55. The van der Waals surface area contributed by atoms with Gasteiger partial charge in [-0.15, -0.1) is 0 Å². The summed E-state index contributed by atoms with van der Waals surface area (Å²) >= 11 is 0. The summed E-state index contributed by atoms with van der Waals surface area (Å²) in [6, 6.07) is 14.3. The van der Waals surface area contributed by atoms with Crippen LogP contribution in [-0.4, -0.2) is 17.0 Å². The molecule has 3 rings (SSSR count). The van der Waals surface area contributed by atoms with Crippen LogP contribution in [0.2, 0.25) is 0 Å². The summed E-state index contributed by atoms with van der Waals surface area (Å²) in [6.45, 7) is 0.516. The SMILES string of the molecule is O=C(O)C1CCC(C(=O)NCc2ccc3ccccc3c2)CC1. The number of aliphatic carboxylic acids is 1. The Morgan fingerprint density at radius 3 is 2.30 bits per heavy atom. The van der Waals surface area contributed by atoms with Crippen molar-refractivity contribution < 1.29 is 14.7 Å². The summed E-state index contributed by atoms with van der Waals surface area (Å²) in [5.41, 5.74) is 1.08. The van der Waals surface area contributed by atoms with Gasteiger partial charge in [-0.3, -0.25) is 9.59 Å². The van der Waals surface area contributed by atoms with E-state index in [9.17, 15) is 9.59 Å². The maximum Gasteiger partial charge on any atom is 0.306 e. The first-order valence-electron chi connectivity index (χ1n) is 8.11. The molecule has 0 atom stereocenters. The Kier molecular flexibility index (Phi) is 4.60. The monoisotopic (exact) mass is 311 g/mol. The molecule has 0 aliphatic heterocycles. The van der Waals surface area contributed by atoms with E-state index in [0.29, 0.717) is 32.2 Å². The van der Waals surface area contributed by atoms with Crippen molar-refractivity contribution in [3.05, 3.63) is 48.0 Å². The average Bonchev–Trinajstić information content (AvgIpc) is 2.59. The number of carbonyl (C=O) groups is 2. The molecule has 0 bridgehead atoms. The Labute approximate surface area is 135 Å². The molecule has 1 amide bonds. The van der Waals surface area contributed by atoms with Gasteiger partial charge in [-0.25, -0.2) is 0 Å². The first-order valence-corrected chi connectivity index (χ1v) is 8.11. The quantitative estimate of drug-likeness (QED) is 0.910. The maximum absolute atomic E-state index is 12.3. The fourth-order valence-corrected chi connectivity index (χ4v) is 3.28. The molecule has 4 heteroatoms. The normalized spacial score (nSPS) is 21.0. The fraction of sp³-hybridized carbons (Fsp3) is 0.368. The third kappa shape index (κ3) is 3.70. The second kappa shape index (κ2) is 6.82. The summed E-state index contributed by atoms with van der Waals surface area (Å²) in [5, 5.41) is 14.3. The molecule has 23 heavy (non-hydrogen) atoms. The fourth-order valence-electron chi connectivity index (χ4n) is 3.28. The molecule has 1 saturated carbocycles. The Morgan fingerprint density at radius 2 is 1.61 bits per heavy atom. The van der Waals surface area contributed by atoms with Crippen LogP contribution < -0.4 is 5.32 Å². The van der Waals surface area contributed by atoms with E-state index in [4.69, 9.17) is 5.11 Å². The van der Waals surface area contributed by atoms with Crippen LogP contribution in [0.5, 0.6) is 0 Å². The van der Waals surface area contributed by atoms with Gasteiger partial charge in [0.05, 0.1) is 5.92 Å². The van der Waals surface area contributed by atoms with Crippen LogP contribution in [0.3, 0.4) is 0 Å². The van der Waals surface area contributed by atoms with E-state index in [1.807, 2.05) is 18.2 Å². The number of rotatable bonds is 4. The highest BCUT2D eigenvalue weighted by atomic mass is 16.4. The topological polar surface area (TPSA) is 66.4 Å². The average molecular weight is 311 g/mol. The highest BCUT2D eigenvalue weighted by molar-refractivity contribution is 5.83. The standard InChI is InChI=1S/C19H21NO3/c21-18(15-7-9-16(10-8-15)19(22)23)20-12-13-5-6-14-3-1-2-4-17(14)11-13/h1-6,11,15-16H,7-10,12H2,(H,20,21)(H,22,23). The molecule has 0 spiro atoms. The molecule has 2 aromatic rings. The molecular formula is C19H21NO3. The molecule has 0 aromatic heterocycles. The van der Waals surface area contributed by atoms with Gasteiger partial charge in [-0.1, -0.05) is 36.4 Å². The summed E-state index contributed by atoms with van der Waals surface area (Å²) in [4.78, 5) is 23.2. The van der Waals surface area contributed by atoms with Gasteiger partial charge < -0.3 is 10.4 Å². The zero-order valence-corrected chi connectivity index (χ0v) is 13.0. The van der Waals surface area contributed by atoms with Crippen molar-refractivity contribution in [1.29, 1.82) is 0 Å². The molecule has 0 unspecified atom stereocenters. The first-order chi connectivity index (χ1) is 11.1. The van der Waals surface area contributed by atoms with Gasteiger partial charge in [0.2, 0.25) is 5.91 Å². The summed E-state index contributed by atoms with van der Waals surface area (Å²) in [6.07, 6.45) is 2.54. The van der Waals surface area contributed by atoms with Crippen LogP contribution in [0.25, 0.3) is 10.8 Å². The predicted molar refractivity (Wildman–Crippen MR) is 88.9 cm³/mol. The zero-order chi connectivity index (χ0) is 16.2. The van der Waals surface area contributed by atoms with Crippen LogP contribution in [0.1, 0.15) is 31.2 Å². The van der Waals surface area contributed by atoms with Gasteiger partial charge in [0.15, 0.2) is 0 Å². The van der Waals surface area contributed by atoms with E-state index in [1.165, 1.54) is 10.8 Å². The molecule has 0 saturated heterocycles. The Bertz CT molecular complexity index is 717. The number of fused-ring (bicyclic) bond motifs is 1. The van der Waals surface area contributed by atoms with Crippen molar-refractivity contribution >= 4 is 22.6 Å². The van der Waals surface area contributed by atoms with E-state index in [1.54, 1.807) is 0 Å². The second-order valence-corrected chi connectivity index (χ2v) is 6.29. The van der Waals surface area contributed by atoms with E-state index >= 15 is 0 Å². The van der Waals surface area contributed by atoms with Crippen LogP contribution in [-0.2, 0) is 16.1 Å². The van der Waals surface area contributed by atoms with Crippen LogP contribution >= 0.6 is 0 Å². The van der Waals surface area contributed by atoms with Gasteiger partial charge in [0, 0.05) is 12.5 Å². The lowest BCUT2D eigenvalue weighted by atomic mass is 9.81. The first kappa shape index (κ1) is 15.5. The van der Waals surface area contributed by atoms with E-state index in [-0.39, 0.29) is 17.7 Å². The van der Waals surface area contributed by atoms with E-state index in [0.717, 1.165) is 5.56 Å². The number of hydrogen-bond acceptors (Lipinski definition) is 2. The number of amides is 1. The van der Waals surface area contributed by atoms with Crippen molar-refractivity contribution in [2.45, 2.75) is 32.2 Å². The van der Waals surface area contributed by atoms with Gasteiger partial charge in [0.25, 0.3) is 0 Å². The highest BCUT2D eigenvalue weighted by Gasteiger charge is 2.29. The molecule has 4 nitrogen and oxygen atoms in total. The minimum atomic E-state index is -0.736. The molecule has 1 aliphatic rings. The van der Waals surface area contributed by atoms with Gasteiger partial charge in [-0.2, -0.15) is 0 Å². The number of carboxylic acids is 1. The van der Waals surface area contributed by atoms with Crippen molar-refractivity contribution in [2.24, 2.45) is 11.8 Å². The molecule has 2 aromatic carbocycles. The lowest BCUT2D eigenvalue weighted by Crippen LogP contribution is -2.34. The van der Waals surface area contributed by atoms with Gasteiger partial charge in [-0.05, 0) is 48.1 Å². The molecule has 2 N–H and O–H groups in total. The largest absolute Gasteiger partial charge is 0.481 e.